The van der Waals surface area contributed by atoms with Gasteiger partial charge in [-0.25, -0.2) is 0 Å². The zero-order valence-electron chi connectivity index (χ0n) is 13.9. The van der Waals surface area contributed by atoms with E-state index in [1.807, 2.05) is 67.4 Å². The number of methoxy groups -OCH3 is 2. The van der Waals surface area contributed by atoms with E-state index in [0.717, 1.165) is 11.4 Å². The van der Waals surface area contributed by atoms with Crippen LogP contribution in [-0.4, -0.2) is 58.5 Å². The highest BCUT2D eigenvalue weighted by atomic mass is 16.5. The molecule has 22 heavy (non-hydrogen) atoms. The van der Waals surface area contributed by atoms with Gasteiger partial charge in [0.05, 0.1) is 19.9 Å². The molecule has 0 amide bonds. The molecular weight excluding hydrogens is 282 g/mol. The van der Waals surface area contributed by atoms with Crippen molar-refractivity contribution >= 4 is 11.4 Å². The molecule has 1 aromatic carbocycles. The summed E-state index contributed by atoms with van der Waals surface area (Å²) in [7, 11) is 11.1. The van der Waals surface area contributed by atoms with Crippen molar-refractivity contribution in [2.75, 3.05) is 47.3 Å². The third-order valence-electron chi connectivity index (χ3n) is 3.50. The van der Waals surface area contributed by atoms with Gasteiger partial charge in [-0.05, 0) is 0 Å². The Balaban J connectivity index is 2.34. The van der Waals surface area contributed by atoms with Gasteiger partial charge in [0.1, 0.15) is 17.2 Å². The molecule has 0 spiro atoms. The normalized spacial score (nSPS) is 15.0. The van der Waals surface area contributed by atoms with Crippen molar-refractivity contribution in [1.29, 1.82) is 0 Å². The lowest BCUT2D eigenvalue weighted by Gasteiger charge is -2.22. The van der Waals surface area contributed by atoms with E-state index in [-0.39, 0.29) is 6.29 Å². The molecule has 7 nitrogen and oxygen atoms in total. The van der Waals surface area contributed by atoms with Crippen molar-refractivity contribution in [3.63, 3.8) is 0 Å². The highest BCUT2D eigenvalue weighted by Gasteiger charge is 2.20. The lowest BCUT2D eigenvalue weighted by molar-refractivity contribution is 0.206. The van der Waals surface area contributed by atoms with Gasteiger partial charge in [0.15, 0.2) is 0 Å². The van der Waals surface area contributed by atoms with Crippen LogP contribution in [0.5, 0.6) is 11.5 Å². The van der Waals surface area contributed by atoms with Crippen molar-refractivity contribution in [2.45, 2.75) is 6.29 Å². The van der Waals surface area contributed by atoms with Crippen molar-refractivity contribution in [1.82, 2.24) is 9.80 Å². The van der Waals surface area contributed by atoms with E-state index in [1.54, 1.807) is 14.2 Å². The predicted molar refractivity (Wildman–Crippen MR) is 86.8 cm³/mol. The Labute approximate surface area is 131 Å². The van der Waals surface area contributed by atoms with Crippen LogP contribution in [0.1, 0.15) is 0 Å². The fourth-order valence-corrected chi connectivity index (χ4v) is 2.22. The Hall–Kier alpha value is -2.44. The minimum atomic E-state index is -0.149. The Morgan fingerprint density at radius 2 is 1.59 bits per heavy atom. The molecule has 0 N–H and O–H groups in total. The summed E-state index contributed by atoms with van der Waals surface area (Å²) in [4.78, 5) is 5.91. The molecule has 1 aliphatic rings. The molecular formula is C15H23N5O2. The Morgan fingerprint density at radius 1 is 1.00 bits per heavy atom. The average molecular weight is 305 g/mol. The zero-order chi connectivity index (χ0) is 16.3. The van der Waals surface area contributed by atoms with Crippen LogP contribution in [0.25, 0.3) is 0 Å². The number of anilines is 1. The van der Waals surface area contributed by atoms with Gasteiger partial charge in [0, 0.05) is 52.7 Å². The summed E-state index contributed by atoms with van der Waals surface area (Å²) in [6.45, 7) is 0. The van der Waals surface area contributed by atoms with Crippen LogP contribution in [0.4, 0.5) is 11.4 Å². The third-order valence-corrected chi connectivity index (χ3v) is 3.50. The van der Waals surface area contributed by atoms with Crippen LogP contribution in [-0.2, 0) is 0 Å². The van der Waals surface area contributed by atoms with Gasteiger partial charge in [-0.15, -0.1) is 10.2 Å². The van der Waals surface area contributed by atoms with Gasteiger partial charge in [-0.1, -0.05) is 0 Å². The van der Waals surface area contributed by atoms with Crippen LogP contribution >= 0.6 is 0 Å². The highest BCUT2D eigenvalue weighted by molar-refractivity contribution is 5.69. The molecule has 1 aliphatic heterocycles. The number of rotatable bonds is 5. The van der Waals surface area contributed by atoms with E-state index in [2.05, 4.69) is 10.2 Å². The van der Waals surface area contributed by atoms with Crippen molar-refractivity contribution in [3.05, 3.63) is 24.5 Å². The SMILES string of the molecule is COc1cc(N(C)C)c(OC)cc1N=NC1N(C)C=CN1C. The molecule has 0 atom stereocenters. The minimum absolute atomic E-state index is 0.149. The molecule has 2 rings (SSSR count). The summed E-state index contributed by atoms with van der Waals surface area (Å²) < 4.78 is 10.9. The van der Waals surface area contributed by atoms with E-state index in [4.69, 9.17) is 9.47 Å². The summed E-state index contributed by atoms with van der Waals surface area (Å²) >= 11 is 0. The topological polar surface area (TPSA) is 52.9 Å². The molecule has 0 aromatic heterocycles. The first-order valence-electron chi connectivity index (χ1n) is 6.94. The molecule has 1 aromatic rings. The predicted octanol–water partition coefficient (Wildman–Crippen LogP) is 2.49. The van der Waals surface area contributed by atoms with Crippen molar-refractivity contribution < 1.29 is 9.47 Å². The van der Waals surface area contributed by atoms with E-state index in [1.165, 1.54) is 0 Å². The molecule has 1 heterocycles. The molecule has 0 aliphatic carbocycles. The van der Waals surface area contributed by atoms with E-state index in [0.29, 0.717) is 11.4 Å². The van der Waals surface area contributed by atoms with Crippen LogP contribution in [0.15, 0.2) is 34.8 Å². The minimum Gasteiger partial charge on any atom is -0.494 e. The molecule has 0 bridgehead atoms. The maximum absolute atomic E-state index is 5.43. The fraction of sp³-hybridized carbons (Fsp3) is 0.467. The molecule has 0 fully saturated rings. The summed E-state index contributed by atoms with van der Waals surface area (Å²) in [5.41, 5.74) is 1.56. The van der Waals surface area contributed by atoms with Gasteiger partial charge in [-0.2, -0.15) is 0 Å². The smallest absolute Gasteiger partial charge is 0.217 e. The van der Waals surface area contributed by atoms with Crippen LogP contribution in [0.3, 0.4) is 0 Å². The number of hydrogen-bond donors (Lipinski definition) is 0. The first kappa shape index (κ1) is 15.9. The lowest BCUT2D eigenvalue weighted by Crippen LogP contribution is -2.31. The quantitative estimate of drug-likeness (QED) is 0.782. The molecule has 120 valence electrons. The van der Waals surface area contributed by atoms with Gasteiger partial charge in [0.25, 0.3) is 0 Å². The highest BCUT2D eigenvalue weighted by Crippen LogP contribution is 2.39. The summed E-state index contributed by atoms with van der Waals surface area (Å²) in [5.74, 6) is 1.38. The molecule has 7 heteroatoms. The van der Waals surface area contributed by atoms with Gasteiger partial charge in [0.2, 0.25) is 6.29 Å². The molecule has 0 radical (unpaired) electrons. The third kappa shape index (κ3) is 3.08. The summed E-state index contributed by atoms with van der Waals surface area (Å²) in [6, 6.07) is 3.73. The van der Waals surface area contributed by atoms with Gasteiger partial charge in [-0.3, -0.25) is 0 Å². The molecule has 0 saturated carbocycles. The van der Waals surface area contributed by atoms with Crippen LogP contribution < -0.4 is 14.4 Å². The Morgan fingerprint density at radius 3 is 2.09 bits per heavy atom. The lowest BCUT2D eigenvalue weighted by atomic mass is 10.2. The van der Waals surface area contributed by atoms with Crippen molar-refractivity contribution in [3.8, 4) is 11.5 Å². The van der Waals surface area contributed by atoms with E-state index >= 15 is 0 Å². The van der Waals surface area contributed by atoms with Gasteiger partial charge < -0.3 is 24.2 Å². The summed E-state index contributed by atoms with van der Waals surface area (Å²) in [5, 5.41) is 8.73. The fourth-order valence-electron chi connectivity index (χ4n) is 2.22. The Kier molecular flexibility index (Phi) is 4.75. The number of azo groups is 1. The summed E-state index contributed by atoms with van der Waals surface area (Å²) in [6.07, 6.45) is 3.76. The maximum Gasteiger partial charge on any atom is 0.217 e. The number of nitrogens with zero attached hydrogens (tertiary/aromatic N) is 5. The monoisotopic (exact) mass is 305 g/mol. The zero-order valence-corrected chi connectivity index (χ0v) is 13.9. The first-order valence-corrected chi connectivity index (χ1v) is 6.94. The standard InChI is InChI=1S/C15H23N5O2/c1-18(2)12-10-13(21-5)11(9-14(12)22-6)16-17-15-19(3)7-8-20(15)4/h7-10,15H,1-6H3. The average Bonchev–Trinajstić information content (AvgIpc) is 2.82. The largest absolute Gasteiger partial charge is 0.494 e. The van der Waals surface area contributed by atoms with Crippen LogP contribution in [0.2, 0.25) is 0 Å². The maximum atomic E-state index is 5.43. The van der Waals surface area contributed by atoms with Gasteiger partial charge >= 0.3 is 0 Å². The Bertz CT molecular complexity index is 574. The number of ether oxygens (including phenoxy) is 2. The number of hydrogen-bond acceptors (Lipinski definition) is 7. The first-order chi connectivity index (χ1) is 10.5. The second-order valence-electron chi connectivity index (χ2n) is 5.28. The van der Waals surface area contributed by atoms with E-state index < -0.39 is 0 Å². The van der Waals surface area contributed by atoms with E-state index in [9.17, 15) is 0 Å². The van der Waals surface area contributed by atoms with Crippen molar-refractivity contribution in [2.24, 2.45) is 10.2 Å². The molecule has 0 saturated heterocycles. The van der Waals surface area contributed by atoms with Crippen LogP contribution in [0, 0.1) is 0 Å². The second-order valence-corrected chi connectivity index (χ2v) is 5.28. The number of benzene rings is 1. The second kappa shape index (κ2) is 6.55. The molecule has 0 unspecified atom stereocenters.